The van der Waals surface area contributed by atoms with E-state index in [1.807, 2.05) is 0 Å². The monoisotopic (exact) mass is 265 g/mol. The molecule has 1 atom stereocenters. The van der Waals surface area contributed by atoms with Gasteiger partial charge in [0, 0.05) is 24.3 Å². The molecular formula is C14H23N3S. The zero-order chi connectivity index (χ0) is 13.0. The van der Waals surface area contributed by atoms with Crippen molar-refractivity contribution in [1.29, 1.82) is 0 Å². The molecule has 4 heteroatoms. The second-order valence-electron chi connectivity index (χ2n) is 5.34. The molecule has 0 saturated heterocycles. The molecule has 100 valence electrons. The molecule has 1 unspecified atom stereocenters. The van der Waals surface area contributed by atoms with Gasteiger partial charge in [-0.1, -0.05) is 20.8 Å². The van der Waals surface area contributed by atoms with E-state index in [4.69, 9.17) is 0 Å². The first-order chi connectivity index (χ1) is 8.67. The van der Waals surface area contributed by atoms with E-state index in [0.29, 0.717) is 5.41 Å². The molecule has 0 aromatic carbocycles. The zero-order valence-corrected chi connectivity index (χ0v) is 12.4. The van der Waals surface area contributed by atoms with Gasteiger partial charge in [-0.25, -0.2) is 4.98 Å². The first-order valence-electron chi connectivity index (χ1n) is 6.78. The van der Waals surface area contributed by atoms with Gasteiger partial charge in [0.05, 0.1) is 5.69 Å². The second-order valence-corrected chi connectivity index (χ2v) is 6.22. The van der Waals surface area contributed by atoms with Crippen LogP contribution in [-0.4, -0.2) is 22.5 Å². The SMILES string of the molecule is CCCNCC(C)(CC)Cc1cn2ccsc2n1. The number of rotatable bonds is 7. The number of imidazole rings is 1. The normalized spacial score (nSPS) is 15.1. The molecule has 3 nitrogen and oxygen atoms in total. The first-order valence-corrected chi connectivity index (χ1v) is 7.66. The van der Waals surface area contributed by atoms with E-state index in [0.717, 1.165) is 24.5 Å². The van der Waals surface area contributed by atoms with Gasteiger partial charge in [0.25, 0.3) is 0 Å². The summed E-state index contributed by atoms with van der Waals surface area (Å²) in [7, 11) is 0. The van der Waals surface area contributed by atoms with Gasteiger partial charge in [-0.3, -0.25) is 4.40 Å². The Balaban J connectivity index is 2.02. The van der Waals surface area contributed by atoms with Gasteiger partial charge in [-0.2, -0.15) is 0 Å². The van der Waals surface area contributed by atoms with E-state index in [2.05, 4.69) is 53.2 Å². The predicted octanol–water partition coefficient (Wildman–Crippen LogP) is 3.35. The molecule has 0 fully saturated rings. The third kappa shape index (κ3) is 3.12. The van der Waals surface area contributed by atoms with Crippen LogP contribution in [0.3, 0.4) is 0 Å². The first kappa shape index (κ1) is 13.6. The number of nitrogens with one attached hydrogen (secondary N) is 1. The van der Waals surface area contributed by atoms with Crippen LogP contribution in [0.2, 0.25) is 0 Å². The topological polar surface area (TPSA) is 29.3 Å². The van der Waals surface area contributed by atoms with Crippen LogP contribution in [0.4, 0.5) is 0 Å². The summed E-state index contributed by atoms with van der Waals surface area (Å²) in [6.45, 7) is 9.01. The molecule has 0 amide bonds. The molecule has 0 radical (unpaired) electrons. The smallest absolute Gasteiger partial charge is 0.193 e. The molecule has 0 spiro atoms. The lowest BCUT2D eigenvalue weighted by molar-refractivity contribution is 0.288. The largest absolute Gasteiger partial charge is 0.316 e. The Bertz CT molecular complexity index is 459. The summed E-state index contributed by atoms with van der Waals surface area (Å²) in [5, 5.41) is 5.62. The van der Waals surface area contributed by atoms with Crippen molar-refractivity contribution >= 4 is 16.3 Å². The number of hydrogen-bond acceptors (Lipinski definition) is 3. The number of hydrogen-bond donors (Lipinski definition) is 1. The lowest BCUT2D eigenvalue weighted by Gasteiger charge is -2.27. The van der Waals surface area contributed by atoms with Crippen LogP contribution in [0.15, 0.2) is 17.8 Å². The van der Waals surface area contributed by atoms with Crippen LogP contribution in [0, 0.1) is 5.41 Å². The molecule has 1 N–H and O–H groups in total. The highest BCUT2D eigenvalue weighted by molar-refractivity contribution is 7.15. The number of fused-ring (bicyclic) bond motifs is 1. The lowest BCUT2D eigenvalue weighted by atomic mass is 9.83. The van der Waals surface area contributed by atoms with Crippen LogP contribution in [0.1, 0.15) is 39.3 Å². The number of aromatic nitrogens is 2. The summed E-state index contributed by atoms with van der Waals surface area (Å²) >= 11 is 1.70. The maximum atomic E-state index is 4.69. The van der Waals surface area contributed by atoms with Crippen molar-refractivity contribution in [3.8, 4) is 0 Å². The fourth-order valence-corrected chi connectivity index (χ4v) is 2.90. The van der Waals surface area contributed by atoms with Gasteiger partial charge < -0.3 is 5.32 Å². The summed E-state index contributed by atoms with van der Waals surface area (Å²) < 4.78 is 2.12. The summed E-state index contributed by atoms with van der Waals surface area (Å²) in [6, 6.07) is 0. The zero-order valence-electron chi connectivity index (χ0n) is 11.6. The minimum absolute atomic E-state index is 0.305. The number of thiazole rings is 1. The molecule has 2 heterocycles. The highest BCUT2D eigenvalue weighted by atomic mass is 32.1. The van der Waals surface area contributed by atoms with E-state index in [1.54, 1.807) is 11.3 Å². The van der Waals surface area contributed by atoms with Crippen molar-refractivity contribution in [1.82, 2.24) is 14.7 Å². The maximum absolute atomic E-state index is 4.69. The van der Waals surface area contributed by atoms with Crippen LogP contribution < -0.4 is 5.32 Å². The van der Waals surface area contributed by atoms with Gasteiger partial charge in [0.2, 0.25) is 0 Å². The molecular weight excluding hydrogens is 242 g/mol. The van der Waals surface area contributed by atoms with Crippen LogP contribution in [0.25, 0.3) is 4.96 Å². The fraction of sp³-hybridized carbons (Fsp3) is 0.643. The average molecular weight is 265 g/mol. The molecule has 0 bridgehead atoms. The Morgan fingerprint density at radius 1 is 1.44 bits per heavy atom. The molecule has 2 rings (SSSR count). The van der Waals surface area contributed by atoms with Crippen LogP contribution in [-0.2, 0) is 6.42 Å². The molecule has 0 aliphatic heterocycles. The lowest BCUT2D eigenvalue weighted by Crippen LogP contribution is -2.33. The van der Waals surface area contributed by atoms with Gasteiger partial charge in [0.1, 0.15) is 0 Å². The molecule has 2 aromatic heterocycles. The quantitative estimate of drug-likeness (QED) is 0.778. The van der Waals surface area contributed by atoms with Crippen molar-refractivity contribution < 1.29 is 0 Å². The summed E-state index contributed by atoms with van der Waals surface area (Å²) in [6.07, 6.45) is 7.66. The molecule has 0 aliphatic carbocycles. The second kappa shape index (κ2) is 5.85. The predicted molar refractivity (Wildman–Crippen MR) is 78.3 cm³/mol. The van der Waals surface area contributed by atoms with Crippen molar-refractivity contribution in [3.05, 3.63) is 23.5 Å². The van der Waals surface area contributed by atoms with Crippen molar-refractivity contribution in [2.45, 2.75) is 40.0 Å². The summed E-state index contributed by atoms with van der Waals surface area (Å²) in [4.78, 5) is 5.79. The highest BCUT2D eigenvalue weighted by Crippen LogP contribution is 2.26. The maximum Gasteiger partial charge on any atom is 0.193 e. The van der Waals surface area contributed by atoms with Crippen molar-refractivity contribution in [2.75, 3.05) is 13.1 Å². The third-order valence-electron chi connectivity index (χ3n) is 3.58. The van der Waals surface area contributed by atoms with Gasteiger partial charge in [-0.05, 0) is 31.2 Å². The van der Waals surface area contributed by atoms with E-state index in [9.17, 15) is 0 Å². The Morgan fingerprint density at radius 2 is 2.28 bits per heavy atom. The van der Waals surface area contributed by atoms with E-state index in [1.165, 1.54) is 18.5 Å². The summed E-state index contributed by atoms with van der Waals surface area (Å²) in [5.41, 5.74) is 1.52. The molecule has 2 aromatic rings. The number of nitrogens with zero attached hydrogens (tertiary/aromatic N) is 2. The van der Waals surface area contributed by atoms with Gasteiger partial charge in [-0.15, -0.1) is 11.3 Å². The van der Waals surface area contributed by atoms with E-state index < -0.39 is 0 Å². The minimum atomic E-state index is 0.305. The Hall–Kier alpha value is -0.870. The van der Waals surface area contributed by atoms with Gasteiger partial charge >= 0.3 is 0 Å². The Labute approximate surface area is 113 Å². The van der Waals surface area contributed by atoms with Crippen molar-refractivity contribution in [3.63, 3.8) is 0 Å². The third-order valence-corrected chi connectivity index (χ3v) is 4.35. The van der Waals surface area contributed by atoms with Crippen LogP contribution in [0.5, 0.6) is 0 Å². The fourth-order valence-electron chi connectivity index (χ4n) is 2.18. The van der Waals surface area contributed by atoms with E-state index >= 15 is 0 Å². The molecule has 18 heavy (non-hydrogen) atoms. The molecule has 0 saturated carbocycles. The Kier molecular flexibility index (Phi) is 4.40. The average Bonchev–Trinajstić information content (AvgIpc) is 2.90. The minimum Gasteiger partial charge on any atom is -0.316 e. The van der Waals surface area contributed by atoms with E-state index in [-0.39, 0.29) is 0 Å². The standard InChI is InChI=1S/C14H23N3S/c1-4-6-15-11-14(3,5-2)9-12-10-17-7-8-18-13(17)16-12/h7-8,10,15H,4-6,9,11H2,1-3H3. The van der Waals surface area contributed by atoms with Gasteiger partial charge in [0.15, 0.2) is 4.96 Å². The Morgan fingerprint density at radius 3 is 2.94 bits per heavy atom. The van der Waals surface area contributed by atoms with Crippen LogP contribution >= 0.6 is 11.3 Å². The highest BCUT2D eigenvalue weighted by Gasteiger charge is 2.23. The summed E-state index contributed by atoms with van der Waals surface area (Å²) in [5.74, 6) is 0. The van der Waals surface area contributed by atoms with Crippen molar-refractivity contribution in [2.24, 2.45) is 5.41 Å². The molecule has 0 aliphatic rings.